The zero-order valence-corrected chi connectivity index (χ0v) is 15.0. The molecule has 1 aliphatic heterocycles. The summed E-state index contributed by atoms with van der Waals surface area (Å²) in [6.45, 7) is 2.27. The molecule has 0 unspecified atom stereocenters. The number of pyridine rings is 1. The van der Waals surface area contributed by atoms with Crippen molar-refractivity contribution in [2.45, 2.75) is 12.8 Å². The predicted octanol–water partition coefficient (Wildman–Crippen LogP) is 3.64. The third-order valence-corrected chi connectivity index (χ3v) is 4.69. The maximum atomic E-state index is 12.0. The molecular weight excluding hydrogens is 350 g/mol. The first-order valence-electron chi connectivity index (χ1n) is 8.56. The first-order valence-corrected chi connectivity index (χ1v) is 8.94. The molecule has 0 aliphatic carbocycles. The topological polar surface area (TPSA) is 81.1 Å². The standard InChI is InChI=1S/C19H20ClN5O/c20-16-4-1-5-17(11-16)24-19(26)23-13-14-6-9-25(10-7-14)18-15(12-21)3-2-8-22-18/h1-5,8,11,14H,6-7,9-10,13H2,(H2,23,24,26). The van der Waals surface area contributed by atoms with Gasteiger partial charge in [0.25, 0.3) is 0 Å². The molecule has 2 heterocycles. The number of amides is 2. The first kappa shape index (κ1) is 18.0. The lowest BCUT2D eigenvalue weighted by molar-refractivity contribution is 0.248. The summed E-state index contributed by atoms with van der Waals surface area (Å²) in [5.41, 5.74) is 1.27. The normalized spacial score (nSPS) is 14.5. The summed E-state index contributed by atoms with van der Waals surface area (Å²) in [7, 11) is 0. The molecule has 0 radical (unpaired) electrons. The van der Waals surface area contributed by atoms with Crippen LogP contribution >= 0.6 is 11.6 Å². The maximum absolute atomic E-state index is 12.0. The molecule has 1 aromatic heterocycles. The average Bonchev–Trinajstić information content (AvgIpc) is 2.67. The minimum absolute atomic E-state index is 0.230. The van der Waals surface area contributed by atoms with E-state index in [4.69, 9.17) is 11.6 Å². The molecule has 0 atom stereocenters. The van der Waals surface area contributed by atoms with E-state index in [0.717, 1.165) is 31.7 Å². The third-order valence-electron chi connectivity index (χ3n) is 4.45. The number of benzene rings is 1. The Labute approximate surface area is 157 Å². The molecule has 2 aromatic rings. The van der Waals surface area contributed by atoms with Gasteiger partial charge in [-0.05, 0) is 49.1 Å². The highest BCUT2D eigenvalue weighted by atomic mass is 35.5. The number of anilines is 2. The van der Waals surface area contributed by atoms with Crippen LogP contribution in [0.1, 0.15) is 18.4 Å². The second-order valence-corrected chi connectivity index (χ2v) is 6.70. The summed E-state index contributed by atoms with van der Waals surface area (Å²) in [6.07, 6.45) is 3.60. The highest BCUT2D eigenvalue weighted by Crippen LogP contribution is 2.23. The number of carbonyl (C=O) groups excluding carboxylic acids is 1. The van der Waals surface area contributed by atoms with Crippen LogP contribution in [0.15, 0.2) is 42.6 Å². The summed E-state index contributed by atoms with van der Waals surface area (Å²) >= 11 is 5.91. The summed E-state index contributed by atoms with van der Waals surface area (Å²) in [5.74, 6) is 1.16. The van der Waals surface area contributed by atoms with Crippen LogP contribution in [0.4, 0.5) is 16.3 Å². The molecule has 1 aromatic carbocycles. The van der Waals surface area contributed by atoms with Crippen molar-refractivity contribution in [1.82, 2.24) is 10.3 Å². The molecule has 2 N–H and O–H groups in total. The van der Waals surface area contributed by atoms with Crippen molar-refractivity contribution in [2.24, 2.45) is 5.92 Å². The largest absolute Gasteiger partial charge is 0.356 e. The number of carbonyl (C=O) groups is 1. The molecule has 0 saturated carbocycles. The minimum Gasteiger partial charge on any atom is -0.356 e. The molecule has 26 heavy (non-hydrogen) atoms. The van der Waals surface area contributed by atoms with Crippen LogP contribution in [0, 0.1) is 17.2 Å². The van der Waals surface area contributed by atoms with Crippen molar-refractivity contribution in [3.05, 3.63) is 53.2 Å². The Hall–Kier alpha value is -2.78. The van der Waals surface area contributed by atoms with Crippen molar-refractivity contribution in [3.63, 3.8) is 0 Å². The number of rotatable bonds is 4. The molecule has 7 heteroatoms. The van der Waals surface area contributed by atoms with E-state index >= 15 is 0 Å². The van der Waals surface area contributed by atoms with Gasteiger partial charge >= 0.3 is 6.03 Å². The van der Waals surface area contributed by atoms with Crippen molar-refractivity contribution >= 4 is 29.1 Å². The van der Waals surface area contributed by atoms with Gasteiger partial charge in [-0.3, -0.25) is 0 Å². The predicted molar refractivity (Wildman–Crippen MR) is 102 cm³/mol. The second kappa shape index (κ2) is 8.54. The van der Waals surface area contributed by atoms with Gasteiger partial charge in [-0.25, -0.2) is 9.78 Å². The fourth-order valence-electron chi connectivity index (χ4n) is 3.06. The van der Waals surface area contributed by atoms with Crippen LogP contribution in [0.2, 0.25) is 5.02 Å². The van der Waals surface area contributed by atoms with E-state index in [1.165, 1.54) is 0 Å². The Morgan fingerprint density at radius 1 is 1.31 bits per heavy atom. The van der Waals surface area contributed by atoms with E-state index in [9.17, 15) is 10.1 Å². The number of halogens is 1. The van der Waals surface area contributed by atoms with Gasteiger partial charge < -0.3 is 15.5 Å². The van der Waals surface area contributed by atoms with E-state index < -0.39 is 0 Å². The second-order valence-electron chi connectivity index (χ2n) is 6.26. The van der Waals surface area contributed by atoms with Gasteiger partial charge in [0.2, 0.25) is 0 Å². The molecular formula is C19H20ClN5O. The maximum Gasteiger partial charge on any atom is 0.319 e. The summed E-state index contributed by atoms with van der Waals surface area (Å²) in [5, 5.41) is 15.5. The summed E-state index contributed by atoms with van der Waals surface area (Å²) < 4.78 is 0. The SMILES string of the molecule is N#Cc1cccnc1N1CCC(CNC(=O)Nc2cccc(Cl)c2)CC1. The van der Waals surface area contributed by atoms with Crippen LogP contribution in [0.25, 0.3) is 0 Å². The fourth-order valence-corrected chi connectivity index (χ4v) is 3.25. The number of piperidine rings is 1. The number of hydrogen-bond acceptors (Lipinski definition) is 4. The van der Waals surface area contributed by atoms with Crippen molar-refractivity contribution in [2.75, 3.05) is 29.9 Å². The molecule has 6 nitrogen and oxygen atoms in total. The van der Waals surface area contributed by atoms with E-state index in [2.05, 4.69) is 26.6 Å². The highest BCUT2D eigenvalue weighted by molar-refractivity contribution is 6.30. The molecule has 1 fully saturated rings. The van der Waals surface area contributed by atoms with Crippen LogP contribution in [0.5, 0.6) is 0 Å². The Morgan fingerprint density at radius 3 is 2.85 bits per heavy atom. The summed E-state index contributed by atoms with van der Waals surface area (Å²) in [4.78, 5) is 18.5. The van der Waals surface area contributed by atoms with E-state index in [-0.39, 0.29) is 6.03 Å². The van der Waals surface area contributed by atoms with Crippen LogP contribution < -0.4 is 15.5 Å². The van der Waals surface area contributed by atoms with Gasteiger partial charge in [0.1, 0.15) is 11.9 Å². The molecule has 1 aliphatic rings. The first-order chi connectivity index (χ1) is 12.7. The molecule has 2 amide bonds. The van der Waals surface area contributed by atoms with Gasteiger partial charge in [0, 0.05) is 36.5 Å². The van der Waals surface area contributed by atoms with E-state index in [1.54, 1.807) is 42.6 Å². The van der Waals surface area contributed by atoms with Crippen molar-refractivity contribution in [1.29, 1.82) is 5.26 Å². The van der Waals surface area contributed by atoms with Crippen LogP contribution in [-0.4, -0.2) is 30.6 Å². The third kappa shape index (κ3) is 4.64. The lowest BCUT2D eigenvalue weighted by atomic mass is 9.96. The quantitative estimate of drug-likeness (QED) is 0.862. The fraction of sp³-hybridized carbons (Fsp3) is 0.316. The Kier molecular flexibility index (Phi) is 5.92. The summed E-state index contributed by atoms with van der Waals surface area (Å²) in [6, 6.07) is 12.6. The molecule has 0 bridgehead atoms. The van der Waals surface area contributed by atoms with Crippen LogP contribution in [-0.2, 0) is 0 Å². The van der Waals surface area contributed by atoms with Gasteiger partial charge in [-0.15, -0.1) is 0 Å². The number of nitriles is 1. The number of aromatic nitrogens is 1. The van der Waals surface area contributed by atoms with Gasteiger partial charge in [0.15, 0.2) is 0 Å². The number of hydrogen-bond donors (Lipinski definition) is 2. The Balaban J connectivity index is 1.45. The number of nitrogens with zero attached hydrogens (tertiary/aromatic N) is 3. The minimum atomic E-state index is -0.230. The molecule has 3 rings (SSSR count). The van der Waals surface area contributed by atoms with E-state index in [0.29, 0.717) is 28.7 Å². The number of nitrogens with one attached hydrogen (secondary N) is 2. The zero-order chi connectivity index (χ0) is 18.4. The molecule has 134 valence electrons. The van der Waals surface area contributed by atoms with Gasteiger partial charge in [-0.1, -0.05) is 17.7 Å². The van der Waals surface area contributed by atoms with Crippen molar-refractivity contribution < 1.29 is 4.79 Å². The number of urea groups is 1. The highest BCUT2D eigenvalue weighted by Gasteiger charge is 2.22. The Morgan fingerprint density at radius 2 is 2.12 bits per heavy atom. The lowest BCUT2D eigenvalue weighted by Gasteiger charge is -2.33. The smallest absolute Gasteiger partial charge is 0.319 e. The molecule has 0 spiro atoms. The van der Waals surface area contributed by atoms with E-state index in [1.807, 2.05) is 0 Å². The van der Waals surface area contributed by atoms with Gasteiger partial charge in [-0.2, -0.15) is 5.26 Å². The zero-order valence-electron chi connectivity index (χ0n) is 14.3. The molecule has 1 saturated heterocycles. The average molecular weight is 370 g/mol. The van der Waals surface area contributed by atoms with Crippen LogP contribution in [0.3, 0.4) is 0 Å². The Bertz CT molecular complexity index is 812. The van der Waals surface area contributed by atoms with Gasteiger partial charge in [0.05, 0.1) is 5.56 Å². The van der Waals surface area contributed by atoms with Crippen molar-refractivity contribution in [3.8, 4) is 6.07 Å². The monoisotopic (exact) mass is 369 g/mol. The lowest BCUT2D eigenvalue weighted by Crippen LogP contribution is -2.40.